The van der Waals surface area contributed by atoms with Crippen molar-refractivity contribution in [1.82, 2.24) is 0 Å². The van der Waals surface area contributed by atoms with Crippen molar-refractivity contribution in [3.05, 3.63) is 102 Å². The number of para-hydroxylation sites is 1. The van der Waals surface area contributed by atoms with Crippen LogP contribution in [-0.4, -0.2) is 37.9 Å². The van der Waals surface area contributed by atoms with Crippen molar-refractivity contribution in [1.29, 1.82) is 0 Å². The molecule has 1 aliphatic heterocycles. The van der Waals surface area contributed by atoms with E-state index < -0.39 is 0 Å². The van der Waals surface area contributed by atoms with Gasteiger partial charge in [-0.25, -0.2) is 0 Å². The average Bonchev–Trinajstić information content (AvgIpc) is 3.37. The first-order valence-corrected chi connectivity index (χ1v) is 13.6. The van der Waals surface area contributed by atoms with E-state index in [1.807, 2.05) is 6.07 Å². The maximum absolute atomic E-state index is 5.00. The number of nitrogens with zero attached hydrogens (tertiary/aromatic N) is 4. The van der Waals surface area contributed by atoms with Gasteiger partial charge in [0.1, 0.15) is 0 Å². The second kappa shape index (κ2) is 13.0. The fraction of sp³-hybridized carbons (Fsp3) is 0.303. The first kappa shape index (κ1) is 26.3. The van der Waals surface area contributed by atoms with Crippen LogP contribution in [0.1, 0.15) is 45.2 Å². The van der Waals surface area contributed by atoms with Crippen molar-refractivity contribution in [2.75, 3.05) is 41.0 Å². The van der Waals surface area contributed by atoms with Crippen LogP contribution in [0.2, 0.25) is 0 Å². The number of allylic oxidation sites excluding steroid dienone is 1. The van der Waals surface area contributed by atoms with Crippen LogP contribution < -0.4 is 14.8 Å². The Kier molecular flexibility index (Phi) is 9.20. The number of benzene rings is 3. The lowest BCUT2D eigenvalue weighted by atomic mass is 10.1. The van der Waals surface area contributed by atoms with E-state index in [2.05, 4.69) is 140 Å². The molecule has 1 unspecified atom stereocenters. The zero-order valence-electron chi connectivity index (χ0n) is 22.7. The van der Waals surface area contributed by atoms with Crippen LogP contribution in [0.25, 0.3) is 12.2 Å². The minimum absolute atomic E-state index is 0.176. The van der Waals surface area contributed by atoms with Gasteiger partial charge in [0.15, 0.2) is 0 Å². The van der Waals surface area contributed by atoms with Gasteiger partial charge in [-0.15, -0.1) is 0 Å². The third-order valence-electron chi connectivity index (χ3n) is 7.01. The maximum atomic E-state index is 5.00. The fourth-order valence-corrected chi connectivity index (χ4v) is 4.82. The molecule has 3 aromatic carbocycles. The molecule has 0 fully saturated rings. The van der Waals surface area contributed by atoms with Gasteiger partial charge in [-0.1, -0.05) is 60.7 Å². The molecule has 0 spiro atoms. The molecule has 37 heavy (non-hydrogen) atoms. The van der Waals surface area contributed by atoms with Gasteiger partial charge in [-0.3, -0.25) is 5.01 Å². The molecule has 0 amide bonds. The van der Waals surface area contributed by atoms with Gasteiger partial charge in [0.05, 0.1) is 17.4 Å². The van der Waals surface area contributed by atoms with Crippen LogP contribution in [0.15, 0.2) is 96.1 Å². The standard InChI is InChI=1S/C33H40N4/c1-5-35(6-2)30-21-15-27(16-22-30)14-20-29-26-33(37(34-29)32-12-10-9-11-13-32)25-19-28-17-23-31(24-18-28)36(7-3)8-4/h9-25,33H,5-8,26H2,1-4H3. The average molecular weight is 493 g/mol. The summed E-state index contributed by atoms with van der Waals surface area (Å²) in [5, 5.41) is 7.14. The minimum Gasteiger partial charge on any atom is -0.372 e. The summed E-state index contributed by atoms with van der Waals surface area (Å²) in [6.45, 7) is 12.9. The molecule has 0 saturated carbocycles. The molecule has 0 aliphatic carbocycles. The van der Waals surface area contributed by atoms with Crippen LogP contribution in [0.3, 0.4) is 0 Å². The molecule has 3 aromatic rings. The van der Waals surface area contributed by atoms with Crippen LogP contribution in [0.5, 0.6) is 0 Å². The molecule has 0 radical (unpaired) electrons. The van der Waals surface area contributed by atoms with Gasteiger partial charge in [0.25, 0.3) is 0 Å². The third kappa shape index (κ3) is 6.71. The van der Waals surface area contributed by atoms with E-state index in [0.717, 1.165) is 44.0 Å². The predicted octanol–water partition coefficient (Wildman–Crippen LogP) is 7.74. The van der Waals surface area contributed by atoms with E-state index in [0.29, 0.717) is 0 Å². The van der Waals surface area contributed by atoms with Crippen LogP contribution in [0.4, 0.5) is 17.1 Å². The monoisotopic (exact) mass is 492 g/mol. The predicted molar refractivity (Wildman–Crippen MR) is 163 cm³/mol. The number of hydrogen-bond acceptors (Lipinski definition) is 4. The zero-order valence-corrected chi connectivity index (χ0v) is 22.7. The Labute approximate surface area is 223 Å². The van der Waals surface area contributed by atoms with Crippen molar-refractivity contribution in [3.63, 3.8) is 0 Å². The second-order valence-corrected chi connectivity index (χ2v) is 9.26. The summed E-state index contributed by atoms with van der Waals surface area (Å²) in [6.07, 6.45) is 9.71. The van der Waals surface area contributed by atoms with Gasteiger partial charge < -0.3 is 9.80 Å². The molecule has 0 aromatic heterocycles. The number of hydrogen-bond donors (Lipinski definition) is 0. The molecule has 192 valence electrons. The third-order valence-corrected chi connectivity index (χ3v) is 7.01. The van der Waals surface area contributed by atoms with Gasteiger partial charge in [0.2, 0.25) is 0 Å². The molecule has 1 atom stereocenters. The summed E-state index contributed by atoms with van der Waals surface area (Å²) in [5.41, 5.74) is 7.14. The molecule has 0 saturated heterocycles. The lowest BCUT2D eigenvalue weighted by molar-refractivity contribution is 0.791. The summed E-state index contributed by atoms with van der Waals surface area (Å²) in [4.78, 5) is 4.73. The van der Waals surface area contributed by atoms with Crippen molar-refractivity contribution >= 4 is 34.9 Å². The SMILES string of the molecule is CCN(CC)c1ccc(C=CC2=NN(c3ccccc3)C(C=Cc3ccc(N(CC)CC)cc3)C2)cc1. The number of hydrazone groups is 1. The van der Waals surface area contributed by atoms with E-state index in [9.17, 15) is 0 Å². The van der Waals surface area contributed by atoms with Gasteiger partial charge in [0, 0.05) is 44.0 Å². The molecule has 4 heteroatoms. The van der Waals surface area contributed by atoms with Gasteiger partial charge >= 0.3 is 0 Å². The lowest BCUT2D eigenvalue weighted by Gasteiger charge is -2.21. The fourth-order valence-electron chi connectivity index (χ4n) is 4.82. The zero-order chi connectivity index (χ0) is 26.0. The van der Waals surface area contributed by atoms with Crippen LogP contribution in [-0.2, 0) is 0 Å². The Balaban J connectivity index is 1.49. The molecule has 0 N–H and O–H groups in total. The summed E-state index contributed by atoms with van der Waals surface area (Å²) in [7, 11) is 0. The highest BCUT2D eigenvalue weighted by molar-refractivity contribution is 6.01. The number of anilines is 3. The summed E-state index contributed by atoms with van der Waals surface area (Å²) < 4.78 is 0. The van der Waals surface area contributed by atoms with Crippen LogP contribution in [0, 0.1) is 0 Å². The molecule has 1 aliphatic rings. The van der Waals surface area contributed by atoms with Crippen molar-refractivity contribution < 1.29 is 0 Å². The smallest absolute Gasteiger partial charge is 0.0765 e. The summed E-state index contributed by atoms with van der Waals surface area (Å²) in [5.74, 6) is 0. The molecule has 1 heterocycles. The molecular weight excluding hydrogens is 452 g/mol. The Bertz CT molecular complexity index is 1190. The Morgan fingerprint density at radius 2 is 1.19 bits per heavy atom. The molecule has 4 nitrogen and oxygen atoms in total. The van der Waals surface area contributed by atoms with Crippen molar-refractivity contribution in [3.8, 4) is 0 Å². The summed E-state index contributed by atoms with van der Waals surface area (Å²) in [6, 6.07) is 28.2. The van der Waals surface area contributed by atoms with E-state index in [4.69, 9.17) is 5.10 Å². The van der Waals surface area contributed by atoms with E-state index >= 15 is 0 Å². The quantitative estimate of drug-likeness (QED) is 0.273. The highest BCUT2D eigenvalue weighted by atomic mass is 15.5. The van der Waals surface area contributed by atoms with Crippen molar-refractivity contribution in [2.24, 2.45) is 5.10 Å². The van der Waals surface area contributed by atoms with E-state index in [-0.39, 0.29) is 6.04 Å². The van der Waals surface area contributed by atoms with Gasteiger partial charge in [-0.2, -0.15) is 5.10 Å². The van der Waals surface area contributed by atoms with Crippen molar-refractivity contribution in [2.45, 2.75) is 40.2 Å². The lowest BCUT2D eigenvalue weighted by Crippen LogP contribution is -2.23. The number of rotatable bonds is 11. The van der Waals surface area contributed by atoms with E-state index in [1.165, 1.54) is 22.5 Å². The Morgan fingerprint density at radius 1 is 0.676 bits per heavy atom. The summed E-state index contributed by atoms with van der Waals surface area (Å²) >= 11 is 0. The largest absolute Gasteiger partial charge is 0.372 e. The van der Waals surface area contributed by atoms with E-state index in [1.54, 1.807) is 0 Å². The Morgan fingerprint density at radius 3 is 1.70 bits per heavy atom. The molecule has 0 bridgehead atoms. The molecule has 4 rings (SSSR count). The highest BCUT2D eigenvalue weighted by Gasteiger charge is 2.24. The topological polar surface area (TPSA) is 22.1 Å². The Hall–Kier alpha value is -3.79. The normalized spacial score (nSPS) is 15.5. The maximum Gasteiger partial charge on any atom is 0.0765 e. The second-order valence-electron chi connectivity index (χ2n) is 9.26. The first-order valence-electron chi connectivity index (χ1n) is 13.6. The first-order chi connectivity index (χ1) is 18.1. The minimum atomic E-state index is 0.176. The van der Waals surface area contributed by atoms with Crippen LogP contribution >= 0.6 is 0 Å². The molecular formula is C33H40N4. The highest BCUT2D eigenvalue weighted by Crippen LogP contribution is 2.27. The van der Waals surface area contributed by atoms with Gasteiger partial charge in [-0.05, 0) is 81.3 Å².